The van der Waals surface area contributed by atoms with Crippen LogP contribution < -0.4 is 5.73 Å². The molecule has 124 valence electrons. The van der Waals surface area contributed by atoms with Crippen molar-refractivity contribution in [2.45, 2.75) is 75.0 Å². The molecule has 0 radical (unpaired) electrons. The first-order valence-electron chi connectivity index (χ1n) is 11.4. The summed E-state index contributed by atoms with van der Waals surface area (Å²) in [5.74, 6) is -2.97. The van der Waals surface area contributed by atoms with Crippen LogP contribution in [0.15, 0.2) is 0 Å². The highest BCUT2D eigenvalue weighted by Gasteiger charge is 2.62. The lowest BCUT2D eigenvalue weighted by Crippen LogP contribution is -2.64. The maximum Gasteiger partial charge on any atom is 0.241 e. The topological polar surface area (TPSA) is 90.4 Å². The lowest BCUT2D eigenvalue weighted by atomic mass is 9.46. The molecular formula is C18H25N3O2. The number of hydrogen-bond donors (Lipinski definition) is 2. The Morgan fingerprint density at radius 2 is 2.13 bits per heavy atom. The van der Waals surface area contributed by atoms with Crippen molar-refractivity contribution in [2.75, 3.05) is 0 Å². The number of likely N-dealkylation sites (tertiary alicyclic amines) is 1. The third-order valence-electron chi connectivity index (χ3n) is 6.47. The van der Waals surface area contributed by atoms with E-state index in [1.54, 1.807) is 0 Å². The molecule has 0 aromatic heterocycles. The van der Waals surface area contributed by atoms with Gasteiger partial charge in [-0.25, -0.2) is 0 Å². The molecule has 5 nitrogen and oxygen atoms in total. The van der Waals surface area contributed by atoms with Gasteiger partial charge in [0.05, 0.1) is 21.8 Å². The second-order valence-electron chi connectivity index (χ2n) is 8.21. The molecule has 3 N–H and O–H groups in total. The van der Waals surface area contributed by atoms with Gasteiger partial charge in [0.15, 0.2) is 0 Å². The molecule has 0 aromatic rings. The molecule has 6 rings (SSSR count). The van der Waals surface area contributed by atoms with Gasteiger partial charge in [0.1, 0.15) is 6.02 Å². The Morgan fingerprint density at radius 3 is 2.74 bits per heavy atom. The Balaban J connectivity index is 1.58. The minimum atomic E-state index is -2.81. The number of hydrogen-bond acceptors (Lipinski definition) is 4. The van der Waals surface area contributed by atoms with Gasteiger partial charge in [-0.1, -0.05) is 0 Å². The van der Waals surface area contributed by atoms with Gasteiger partial charge in [-0.3, -0.25) is 4.79 Å². The molecule has 5 aliphatic carbocycles. The van der Waals surface area contributed by atoms with E-state index in [0.29, 0.717) is 30.6 Å². The molecule has 2 unspecified atom stereocenters. The second-order valence-corrected chi connectivity index (χ2v) is 8.21. The van der Waals surface area contributed by atoms with Gasteiger partial charge in [0, 0.05) is 10.1 Å². The monoisotopic (exact) mass is 321 g/mol. The Labute approximate surface area is 145 Å². The van der Waals surface area contributed by atoms with Gasteiger partial charge in [0.25, 0.3) is 0 Å². The Hall–Kier alpha value is -1.12. The molecule has 6 atom stereocenters. The number of nitriles is 1. The maximum absolute atomic E-state index is 13.6. The summed E-state index contributed by atoms with van der Waals surface area (Å²) in [5.41, 5.74) is 4.31. The third-order valence-corrected chi connectivity index (χ3v) is 6.47. The molecule has 1 heterocycles. The molecule has 1 saturated heterocycles. The fourth-order valence-corrected chi connectivity index (χ4v) is 5.97. The zero-order chi connectivity index (χ0) is 21.5. The first-order valence-corrected chi connectivity index (χ1v) is 8.39. The van der Waals surface area contributed by atoms with Crippen LogP contribution in [0.3, 0.4) is 0 Å². The summed E-state index contributed by atoms with van der Waals surface area (Å²) in [5, 5.41) is 20.6. The van der Waals surface area contributed by atoms with E-state index >= 15 is 0 Å². The van der Waals surface area contributed by atoms with Crippen molar-refractivity contribution in [3.05, 3.63) is 0 Å². The zero-order valence-electron chi connectivity index (χ0n) is 18.9. The van der Waals surface area contributed by atoms with Gasteiger partial charge >= 0.3 is 0 Å². The van der Waals surface area contributed by atoms with E-state index in [-0.39, 0.29) is 24.7 Å². The van der Waals surface area contributed by atoms with Crippen LogP contribution in [0.25, 0.3) is 0 Å². The van der Waals surface area contributed by atoms with E-state index in [0.717, 1.165) is 6.42 Å². The molecule has 6 aliphatic rings. The lowest BCUT2D eigenvalue weighted by molar-refractivity contribution is -0.177. The molecule has 1 amide bonds. The van der Waals surface area contributed by atoms with Crippen molar-refractivity contribution in [3.63, 3.8) is 0 Å². The first kappa shape index (κ1) is 9.39. The fourth-order valence-electron chi connectivity index (χ4n) is 5.97. The normalized spacial score (nSPS) is 70.7. The van der Waals surface area contributed by atoms with E-state index in [2.05, 4.69) is 0 Å². The van der Waals surface area contributed by atoms with Crippen LogP contribution in [0.1, 0.15) is 59.5 Å². The third kappa shape index (κ3) is 1.88. The van der Waals surface area contributed by atoms with Crippen molar-refractivity contribution >= 4 is 5.91 Å². The molecule has 0 aromatic carbocycles. The minimum absolute atomic E-state index is 0.144. The highest BCUT2D eigenvalue weighted by atomic mass is 16.3. The van der Waals surface area contributed by atoms with E-state index in [1.807, 2.05) is 0 Å². The summed E-state index contributed by atoms with van der Waals surface area (Å²) in [6, 6.07) is -5.74. The smallest absolute Gasteiger partial charge is 0.241 e. The Morgan fingerprint density at radius 1 is 1.43 bits per heavy atom. The van der Waals surface area contributed by atoms with Gasteiger partial charge in [-0.15, -0.1) is 0 Å². The van der Waals surface area contributed by atoms with Crippen molar-refractivity contribution in [1.82, 2.24) is 4.90 Å². The molecule has 6 fully saturated rings. The zero-order valence-corrected chi connectivity index (χ0v) is 12.9. The molecule has 0 spiro atoms. The molecule has 23 heavy (non-hydrogen) atoms. The van der Waals surface area contributed by atoms with Crippen LogP contribution >= 0.6 is 0 Å². The largest absolute Gasteiger partial charge is 0.390 e. The minimum Gasteiger partial charge on any atom is -0.390 e. The second kappa shape index (κ2) is 4.29. The summed E-state index contributed by atoms with van der Waals surface area (Å²) in [6.45, 7) is 0. The number of piperidine rings is 1. The number of aliphatic hydroxyl groups is 1. The summed E-state index contributed by atoms with van der Waals surface area (Å²) < 4.78 is 50.6. The molecule has 5 heteroatoms. The number of nitrogens with zero attached hydrogens (tertiary/aromatic N) is 2. The number of fused-ring (bicyclic) bond motifs is 1. The van der Waals surface area contributed by atoms with Gasteiger partial charge < -0.3 is 15.7 Å². The van der Waals surface area contributed by atoms with Gasteiger partial charge in [0.2, 0.25) is 5.91 Å². The predicted octanol–water partition coefficient (Wildman–Crippen LogP) is 1.16. The van der Waals surface area contributed by atoms with E-state index < -0.39 is 47.2 Å². The van der Waals surface area contributed by atoms with E-state index in [9.17, 15) is 15.2 Å². The van der Waals surface area contributed by atoms with Crippen LogP contribution in [0.5, 0.6) is 0 Å². The number of rotatable bonds is 2. The van der Waals surface area contributed by atoms with Crippen LogP contribution in [0.2, 0.25) is 0 Å². The summed E-state index contributed by atoms with van der Waals surface area (Å²) in [6.07, 6.45) is 0.176. The fraction of sp³-hybridized carbons (Fsp3) is 0.889. The van der Waals surface area contributed by atoms with E-state index in [4.69, 9.17) is 14.0 Å². The number of carbonyl (C=O) groups excluding carboxylic acids is 1. The van der Waals surface area contributed by atoms with Crippen molar-refractivity contribution in [2.24, 2.45) is 28.9 Å². The molecule has 5 saturated carbocycles. The van der Waals surface area contributed by atoms with Crippen LogP contribution in [0, 0.1) is 34.5 Å². The van der Waals surface area contributed by atoms with Gasteiger partial charge in [-0.2, -0.15) is 5.26 Å². The quantitative estimate of drug-likeness (QED) is 0.798. The predicted molar refractivity (Wildman–Crippen MR) is 82.8 cm³/mol. The number of nitrogens with two attached hydrogens (primary N) is 1. The average molecular weight is 321 g/mol. The first-order chi connectivity index (χ1) is 13.1. The van der Waals surface area contributed by atoms with Crippen molar-refractivity contribution in [1.29, 1.82) is 5.26 Å². The Kier molecular flexibility index (Phi) is 1.75. The maximum atomic E-state index is 13.6. The van der Waals surface area contributed by atoms with Crippen LogP contribution in [-0.2, 0) is 4.79 Å². The molecular weight excluding hydrogens is 290 g/mol. The summed E-state index contributed by atoms with van der Waals surface area (Å²) >= 11 is 0. The van der Waals surface area contributed by atoms with Crippen molar-refractivity contribution < 1.29 is 18.1 Å². The standard InChI is InChI=1S/C18H25N3O2/c19-8-13-2-12-3-14(12)21(13)16(22)15(20)17-4-10-1-11(5-17)7-18(23,6-10)9-17/h10-15,23H,1-7,9,20H2/t10?,11?,12-,13+,14+,15+,17?,18?/m1/s1/i2D2,12D,13D,14D,15D. The lowest BCUT2D eigenvalue weighted by Gasteiger charge is -2.61. The summed E-state index contributed by atoms with van der Waals surface area (Å²) in [7, 11) is 0. The SMILES string of the molecule is [2H]C1([2H])[C@@]([2H])(C#N)N(C(=O)[C@]([2H])(N)C23CC4CC(CC(O)(C4)C2)C3)[C@@]2([2H])C[C@@]12[2H]. The average Bonchev–Trinajstić information content (AvgIpc) is 3.12. The van der Waals surface area contributed by atoms with E-state index in [1.165, 1.54) is 6.07 Å². The van der Waals surface area contributed by atoms with Crippen LogP contribution in [-0.4, -0.2) is 39.6 Å². The molecule has 1 aliphatic heterocycles. The number of carbonyl (C=O) groups is 1. The van der Waals surface area contributed by atoms with Crippen molar-refractivity contribution in [3.8, 4) is 6.07 Å². The van der Waals surface area contributed by atoms with Crippen LogP contribution in [0.4, 0.5) is 0 Å². The number of amides is 1. The Bertz CT molecular complexity index is 862. The van der Waals surface area contributed by atoms with Gasteiger partial charge in [-0.05, 0) is 74.5 Å². The molecule has 4 bridgehead atoms. The highest BCUT2D eigenvalue weighted by molar-refractivity contribution is 5.84. The summed E-state index contributed by atoms with van der Waals surface area (Å²) in [4.78, 5) is 14.1. The highest BCUT2D eigenvalue weighted by Crippen LogP contribution is 2.63.